The van der Waals surface area contributed by atoms with Crippen LogP contribution in [-0.2, 0) is 21.9 Å². The number of sulfonamides is 1. The molecule has 0 bridgehead atoms. The first-order valence-electron chi connectivity index (χ1n) is 6.62. The third-order valence-corrected chi connectivity index (χ3v) is 6.40. The Morgan fingerprint density at radius 3 is 2.70 bits per heavy atom. The Morgan fingerprint density at radius 2 is 2.15 bits per heavy atom. The number of hydrogen-bond acceptors (Lipinski definition) is 4. The fourth-order valence-electron chi connectivity index (χ4n) is 2.39. The smallest absolute Gasteiger partial charge is 0.228 e. The van der Waals surface area contributed by atoms with Gasteiger partial charge < -0.3 is 4.90 Å². The maximum absolute atomic E-state index is 12.2. The lowest BCUT2D eigenvalue weighted by Gasteiger charge is -2.17. The molecule has 20 heavy (non-hydrogen) atoms. The molecule has 2 heterocycles. The molecule has 7 nitrogen and oxygen atoms in total. The van der Waals surface area contributed by atoms with Gasteiger partial charge in [-0.15, -0.1) is 0 Å². The van der Waals surface area contributed by atoms with E-state index in [2.05, 4.69) is 9.82 Å². The number of carbonyl (C=O) groups is 1. The highest BCUT2D eigenvalue weighted by Crippen LogP contribution is 2.42. The van der Waals surface area contributed by atoms with Crippen molar-refractivity contribution < 1.29 is 13.2 Å². The van der Waals surface area contributed by atoms with Crippen molar-refractivity contribution in [1.82, 2.24) is 14.5 Å². The van der Waals surface area contributed by atoms with Gasteiger partial charge >= 0.3 is 0 Å². The van der Waals surface area contributed by atoms with Crippen LogP contribution >= 0.6 is 0 Å². The van der Waals surface area contributed by atoms with Gasteiger partial charge in [0, 0.05) is 32.3 Å². The van der Waals surface area contributed by atoms with E-state index in [0.717, 1.165) is 0 Å². The summed E-state index contributed by atoms with van der Waals surface area (Å²) in [5.74, 6) is -0.0772. The predicted molar refractivity (Wildman–Crippen MR) is 73.7 cm³/mol. The molecule has 110 valence electrons. The van der Waals surface area contributed by atoms with Crippen molar-refractivity contribution in [2.45, 2.75) is 37.0 Å². The number of hydrogen-bond donors (Lipinski definition) is 1. The normalized spacial score (nSPS) is 25.2. The Bertz CT molecular complexity index is 647. The molecule has 1 aromatic heterocycles. The van der Waals surface area contributed by atoms with E-state index in [0.29, 0.717) is 25.1 Å². The fourth-order valence-corrected chi connectivity index (χ4v) is 3.91. The molecule has 2 aliphatic rings. The minimum absolute atomic E-state index is 0.0772. The second-order valence-electron chi connectivity index (χ2n) is 5.85. The van der Waals surface area contributed by atoms with Crippen molar-refractivity contribution in [2.24, 2.45) is 7.05 Å². The number of anilines is 1. The lowest BCUT2D eigenvalue weighted by atomic mass is 10.3. The van der Waals surface area contributed by atoms with Gasteiger partial charge in [0.05, 0.1) is 16.6 Å². The molecule has 1 N–H and O–H groups in total. The standard InChI is InChI=1S/C12H18N4O3S/c1-12(3-4-12)20(18,19)14-9-5-11(17)16(7-9)10-6-13-15(2)8-10/h6,8-9,14H,3-5,7H2,1-2H3. The molecule has 3 rings (SSSR count). The van der Waals surface area contributed by atoms with Crippen LogP contribution < -0.4 is 9.62 Å². The summed E-state index contributed by atoms with van der Waals surface area (Å²) in [5.41, 5.74) is 0.705. The Hall–Kier alpha value is -1.41. The van der Waals surface area contributed by atoms with Gasteiger partial charge in [-0.2, -0.15) is 5.10 Å². The molecule has 1 unspecified atom stereocenters. The van der Waals surface area contributed by atoms with E-state index >= 15 is 0 Å². The third-order valence-electron chi connectivity index (χ3n) is 4.05. The van der Waals surface area contributed by atoms with E-state index in [9.17, 15) is 13.2 Å². The summed E-state index contributed by atoms with van der Waals surface area (Å²) in [6.07, 6.45) is 4.93. The highest BCUT2D eigenvalue weighted by molar-refractivity contribution is 7.91. The van der Waals surface area contributed by atoms with Gasteiger partial charge in [-0.05, 0) is 19.8 Å². The second kappa shape index (κ2) is 4.29. The van der Waals surface area contributed by atoms with Gasteiger partial charge in [0.1, 0.15) is 0 Å². The Kier molecular flexibility index (Phi) is 2.91. The van der Waals surface area contributed by atoms with Crippen LogP contribution in [0.25, 0.3) is 0 Å². The van der Waals surface area contributed by atoms with E-state index in [1.54, 1.807) is 35.9 Å². The molecule has 1 amide bonds. The highest BCUT2D eigenvalue weighted by Gasteiger charge is 2.51. The molecule has 0 radical (unpaired) electrons. The summed E-state index contributed by atoms with van der Waals surface area (Å²) in [6.45, 7) is 2.10. The van der Waals surface area contributed by atoms with Gasteiger partial charge in [0.25, 0.3) is 0 Å². The summed E-state index contributed by atoms with van der Waals surface area (Å²) >= 11 is 0. The Morgan fingerprint density at radius 1 is 1.45 bits per heavy atom. The molecule has 1 aliphatic carbocycles. The number of carbonyl (C=O) groups excluding carboxylic acids is 1. The predicted octanol–water partition coefficient (Wildman–Crippen LogP) is -0.00270. The summed E-state index contributed by atoms with van der Waals surface area (Å²) in [7, 11) is -1.57. The minimum atomic E-state index is -3.34. The van der Waals surface area contributed by atoms with Crippen LogP contribution in [0.3, 0.4) is 0 Å². The largest absolute Gasteiger partial charge is 0.308 e. The maximum atomic E-state index is 12.2. The maximum Gasteiger partial charge on any atom is 0.228 e. The number of nitrogens with zero attached hydrogens (tertiary/aromatic N) is 3. The van der Waals surface area contributed by atoms with Crippen molar-refractivity contribution in [2.75, 3.05) is 11.4 Å². The van der Waals surface area contributed by atoms with E-state index in [4.69, 9.17) is 0 Å². The van der Waals surface area contributed by atoms with Crippen LogP contribution in [0.15, 0.2) is 12.4 Å². The van der Waals surface area contributed by atoms with E-state index in [1.807, 2.05) is 0 Å². The van der Waals surface area contributed by atoms with Crippen LogP contribution in [0, 0.1) is 0 Å². The molecule has 2 fully saturated rings. The average Bonchev–Trinajstić information content (AvgIpc) is 2.81. The van der Waals surface area contributed by atoms with Crippen LogP contribution in [0.4, 0.5) is 5.69 Å². The zero-order chi connectivity index (χ0) is 14.5. The molecule has 8 heteroatoms. The molecule has 1 aromatic rings. The first-order valence-corrected chi connectivity index (χ1v) is 8.10. The molecule has 1 atom stereocenters. The topological polar surface area (TPSA) is 84.3 Å². The number of aryl methyl sites for hydroxylation is 1. The van der Waals surface area contributed by atoms with E-state index in [1.165, 1.54) is 0 Å². The molecule has 0 aromatic carbocycles. The van der Waals surface area contributed by atoms with Crippen molar-refractivity contribution >= 4 is 21.6 Å². The lowest BCUT2D eigenvalue weighted by molar-refractivity contribution is -0.117. The van der Waals surface area contributed by atoms with Crippen LogP contribution in [0.2, 0.25) is 0 Å². The monoisotopic (exact) mass is 298 g/mol. The average molecular weight is 298 g/mol. The highest BCUT2D eigenvalue weighted by atomic mass is 32.2. The van der Waals surface area contributed by atoms with Gasteiger partial charge in [-0.1, -0.05) is 0 Å². The third kappa shape index (κ3) is 2.22. The first kappa shape index (κ1) is 13.6. The van der Waals surface area contributed by atoms with Gasteiger partial charge in [0.2, 0.25) is 15.9 Å². The molecule has 0 spiro atoms. The second-order valence-corrected chi connectivity index (χ2v) is 8.08. The molecule has 1 aliphatic heterocycles. The molecule has 1 saturated heterocycles. The quantitative estimate of drug-likeness (QED) is 0.848. The van der Waals surface area contributed by atoms with Gasteiger partial charge in [0.15, 0.2) is 0 Å². The summed E-state index contributed by atoms with van der Waals surface area (Å²) in [4.78, 5) is 13.6. The Balaban J connectivity index is 1.71. The number of amides is 1. The minimum Gasteiger partial charge on any atom is -0.308 e. The molecular weight excluding hydrogens is 280 g/mol. The fraction of sp³-hybridized carbons (Fsp3) is 0.667. The van der Waals surface area contributed by atoms with Gasteiger partial charge in [-0.25, -0.2) is 13.1 Å². The van der Waals surface area contributed by atoms with Crippen molar-refractivity contribution in [3.63, 3.8) is 0 Å². The van der Waals surface area contributed by atoms with Crippen LogP contribution in [0.1, 0.15) is 26.2 Å². The molecular formula is C12H18N4O3S. The van der Waals surface area contributed by atoms with Crippen LogP contribution in [0.5, 0.6) is 0 Å². The first-order chi connectivity index (χ1) is 9.31. The lowest BCUT2D eigenvalue weighted by Crippen LogP contribution is -2.42. The van der Waals surface area contributed by atoms with E-state index in [-0.39, 0.29) is 18.4 Å². The summed E-state index contributed by atoms with van der Waals surface area (Å²) in [5, 5.41) is 4.03. The number of aromatic nitrogens is 2. The SMILES string of the molecule is Cn1cc(N2CC(NS(=O)(=O)C3(C)CC3)CC2=O)cn1. The van der Waals surface area contributed by atoms with Crippen molar-refractivity contribution in [3.05, 3.63) is 12.4 Å². The number of nitrogens with one attached hydrogen (secondary N) is 1. The van der Waals surface area contributed by atoms with Crippen molar-refractivity contribution in [1.29, 1.82) is 0 Å². The van der Waals surface area contributed by atoms with Crippen molar-refractivity contribution in [3.8, 4) is 0 Å². The summed E-state index contributed by atoms with van der Waals surface area (Å²) in [6, 6.07) is -0.356. The zero-order valence-corrected chi connectivity index (χ0v) is 12.4. The van der Waals surface area contributed by atoms with E-state index < -0.39 is 14.8 Å². The molecule has 1 saturated carbocycles. The number of rotatable bonds is 4. The Labute approximate surface area is 118 Å². The summed E-state index contributed by atoms with van der Waals surface area (Å²) < 4.78 is 28.0. The zero-order valence-electron chi connectivity index (χ0n) is 11.5. The van der Waals surface area contributed by atoms with Crippen LogP contribution in [-0.4, -0.2) is 41.4 Å². The van der Waals surface area contributed by atoms with Gasteiger partial charge in [-0.3, -0.25) is 9.48 Å².